The van der Waals surface area contributed by atoms with Gasteiger partial charge >= 0.3 is 5.97 Å². The summed E-state index contributed by atoms with van der Waals surface area (Å²) in [5, 5.41) is 8.71. The molecule has 16 heavy (non-hydrogen) atoms. The molecule has 1 unspecified atom stereocenters. The van der Waals surface area contributed by atoms with Crippen molar-refractivity contribution >= 4 is 30.2 Å². The molecule has 1 atom stereocenters. The van der Waals surface area contributed by atoms with E-state index in [4.69, 9.17) is 5.11 Å². The number of nitrogens with zero attached hydrogens (tertiary/aromatic N) is 2. The second-order valence-corrected chi connectivity index (χ2v) is 4.30. The highest BCUT2D eigenvalue weighted by molar-refractivity contribution is 7.81. The number of pyridine rings is 1. The molecule has 0 aliphatic carbocycles. The summed E-state index contributed by atoms with van der Waals surface area (Å²) < 4.78 is 0. The van der Waals surface area contributed by atoms with Gasteiger partial charge in [-0.05, 0) is 12.1 Å². The molecule has 1 aromatic rings. The molecule has 1 aliphatic heterocycles. The van der Waals surface area contributed by atoms with Crippen LogP contribution in [-0.2, 0) is 4.79 Å². The van der Waals surface area contributed by atoms with Crippen LogP contribution in [0.3, 0.4) is 0 Å². The molecule has 0 bridgehead atoms. The molecule has 1 aromatic heterocycles. The van der Waals surface area contributed by atoms with Crippen molar-refractivity contribution in [3.8, 4) is 0 Å². The minimum absolute atomic E-state index is 0.00937. The predicted octanol–water partition coefficient (Wildman–Crippen LogP) is 0.815. The van der Waals surface area contributed by atoms with Crippen LogP contribution in [0, 0.1) is 0 Å². The number of carboxylic acid groups (broad SMARTS) is 1. The highest BCUT2D eigenvalue weighted by Crippen LogP contribution is 2.23. The average Bonchev–Trinajstić information content (AvgIpc) is 2.58. The molecule has 5 nitrogen and oxygen atoms in total. The number of thiol groups is 1. The lowest BCUT2D eigenvalue weighted by Gasteiger charge is -2.15. The van der Waals surface area contributed by atoms with E-state index in [9.17, 15) is 9.59 Å². The molecule has 1 fully saturated rings. The Morgan fingerprint density at radius 1 is 1.56 bits per heavy atom. The zero-order valence-corrected chi connectivity index (χ0v) is 9.22. The first-order valence-corrected chi connectivity index (χ1v) is 5.27. The van der Waals surface area contributed by atoms with Gasteiger partial charge in [0.15, 0.2) is 0 Å². The van der Waals surface area contributed by atoms with Gasteiger partial charge in [0, 0.05) is 18.2 Å². The number of carbonyl (C=O) groups is 2. The molecular weight excluding hydrogens is 228 g/mol. The third kappa shape index (κ3) is 2.01. The number of hydrogen-bond donors (Lipinski definition) is 2. The van der Waals surface area contributed by atoms with Gasteiger partial charge in [0.25, 0.3) is 0 Å². The molecule has 1 saturated heterocycles. The topological polar surface area (TPSA) is 70.5 Å². The Bertz CT molecular complexity index is 432. The maximum absolute atomic E-state index is 11.5. The molecule has 1 N–H and O–H groups in total. The molecule has 0 spiro atoms. The zero-order valence-electron chi connectivity index (χ0n) is 8.33. The Hall–Kier alpha value is -1.56. The van der Waals surface area contributed by atoms with Gasteiger partial charge in [-0.1, -0.05) is 0 Å². The standard InChI is InChI=1S/C10H10N2O3S/c13-9-3-7(16)5-12(9)6-1-2-8(10(14)15)11-4-6/h1-2,4,7,16H,3,5H2,(H,14,15). The van der Waals surface area contributed by atoms with Gasteiger partial charge in [0.2, 0.25) is 5.91 Å². The number of anilines is 1. The fourth-order valence-electron chi connectivity index (χ4n) is 1.61. The first kappa shape index (κ1) is 10.9. The van der Waals surface area contributed by atoms with Crippen LogP contribution in [-0.4, -0.2) is 33.8 Å². The van der Waals surface area contributed by atoms with E-state index in [2.05, 4.69) is 17.6 Å². The fraction of sp³-hybridized carbons (Fsp3) is 0.300. The predicted molar refractivity (Wildman–Crippen MR) is 60.9 cm³/mol. The summed E-state index contributed by atoms with van der Waals surface area (Å²) in [7, 11) is 0. The van der Waals surface area contributed by atoms with Gasteiger partial charge in [0.1, 0.15) is 5.69 Å². The highest BCUT2D eigenvalue weighted by atomic mass is 32.1. The van der Waals surface area contributed by atoms with E-state index in [1.165, 1.54) is 12.3 Å². The highest BCUT2D eigenvalue weighted by Gasteiger charge is 2.28. The lowest BCUT2D eigenvalue weighted by molar-refractivity contribution is -0.117. The monoisotopic (exact) mass is 238 g/mol. The smallest absolute Gasteiger partial charge is 0.354 e. The van der Waals surface area contributed by atoms with Crippen molar-refractivity contribution in [3.63, 3.8) is 0 Å². The zero-order chi connectivity index (χ0) is 11.7. The van der Waals surface area contributed by atoms with Crippen molar-refractivity contribution in [2.24, 2.45) is 0 Å². The summed E-state index contributed by atoms with van der Waals surface area (Å²) in [5.74, 6) is -1.09. The summed E-state index contributed by atoms with van der Waals surface area (Å²) in [6.45, 7) is 0.538. The van der Waals surface area contributed by atoms with Crippen LogP contribution in [0.5, 0.6) is 0 Å². The Morgan fingerprint density at radius 3 is 2.75 bits per heavy atom. The van der Waals surface area contributed by atoms with Crippen molar-refractivity contribution < 1.29 is 14.7 Å². The molecule has 0 saturated carbocycles. The Balaban J connectivity index is 2.22. The molecule has 0 aromatic carbocycles. The van der Waals surface area contributed by atoms with E-state index < -0.39 is 5.97 Å². The van der Waals surface area contributed by atoms with Crippen LogP contribution in [0.2, 0.25) is 0 Å². The SMILES string of the molecule is O=C(O)c1ccc(N2CC(S)CC2=O)cn1. The van der Waals surface area contributed by atoms with Crippen LogP contribution in [0.25, 0.3) is 0 Å². The minimum Gasteiger partial charge on any atom is -0.477 e. The van der Waals surface area contributed by atoms with E-state index in [1.54, 1.807) is 11.0 Å². The summed E-state index contributed by atoms with van der Waals surface area (Å²) >= 11 is 4.24. The van der Waals surface area contributed by atoms with Crippen molar-refractivity contribution in [2.45, 2.75) is 11.7 Å². The van der Waals surface area contributed by atoms with E-state index in [0.29, 0.717) is 18.7 Å². The van der Waals surface area contributed by atoms with Crippen molar-refractivity contribution in [2.75, 3.05) is 11.4 Å². The third-order valence-electron chi connectivity index (χ3n) is 2.38. The third-order valence-corrected chi connectivity index (χ3v) is 2.73. The number of aromatic carboxylic acids is 1. The molecule has 84 valence electrons. The van der Waals surface area contributed by atoms with Crippen LogP contribution in [0.15, 0.2) is 18.3 Å². The first-order valence-electron chi connectivity index (χ1n) is 4.75. The van der Waals surface area contributed by atoms with Crippen LogP contribution < -0.4 is 4.90 Å². The minimum atomic E-state index is -1.08. The Morgan fingerprint density at radius 2 is 2.31 bits per heavy atom. The molecular formula is C10H10N2O3S. The maximum Gasteiger partial charge on any atom is 0.354 e. The number of aromatic nitrogens is 1. The molecule has 1 amide bonds. The molecule has 0 radical (unpaired) electrons. The van der Waals surface area contributed by atoms with Gasteiger partial charge in [-0.3, -0.25) is 4.79 Å². The number of rotatable bonds is 2. The maximum atomic E-state index is 11.5. The van der Waals surface area contributed by atoms with E-state index in [-0.39, 0.29) is 16.9 Å². The number of carboxylic acids is 1. The lowest BCUT2D eigenvalue weighted by Crippen LogP contribution is -2.24. The normalized spacial score (nSPS) is 20.2. The largest absolute Gasteiger partial charge is 0.477 e. The molecule has 6 heteroatoms. The van der Waals surface area contributed by atoms with Crippen molar-refractivity contribution in [1.29, 1.82) is 0 Å². The molecule has 2 rings (SSSR count). The van der Waals surface area contributed by atoms with Gasteiger partial charge in [0.05, 0.1) is 11.9 Å². The second kappa shape index (κ2) is 4.13. The van der Waals surface area contributed by atoms with Crippen molar-refractivity contribution in [3.05, 3.63) is 24.0 Å². The number of hydrogen-bond acceptors (Lipinski definition) is 4. The van der Waals surface area contributed by atoms with Crippen LogP contribution >= 0.6 is 12.6 Å². The Labute approximate surface area is 97.5 Å². The van der Waals surface area contributed by atoms with Gasteiger partial charge in [-0.15, -0.1) is 0 Å². The lowest BCUT2D eigenvalue weighted by atomic mass is 10.3. The summed E-state index contributed by atoms with van der Waals surface area (Å²) in [6, 6.07) is 2.97. The van der Waals surface area contributed by atoms with E-state index >= 15 is 0 Å². The number of amides is 1. The van der Waals surface area contributed by atoms with Crippen molar-refractivity contribution in [1.82, 2.24) is 4.98 Å². The fourth-order valence-corrected chi connectivity index (χ4v) is 1.93. The molecule has 1 aliphatic rings. The van der Waals surface area contributed by atoms with Crippen LogP contribution in [0.4, 0.5) is 5.69 Å². The first-order chi connectivity index (χ1) is 7.58. The Kier molecular flexibility index (Phi) is 2.82. The quantitative estimate of drug-likeness (QED) is 0.748. The van der Waals surface area contributed by atoms with Gasteiger partial charge < -0.3 is 10.0 Å². The van der Waals surface area contributed by atoms with Gasteiger partial charge in [-0.2, -0.15) is 12.6 Å². The van der Waals surface area contributed by atoms with Crippen LogP contribution in [0.1, 0.15) is 16.9 Å². The van der Waals surface area contributed by atoms with E-state index in [1.807, 2.05) is 0 Å². The summed E-state index contributed by atoms with van der Waals surface area (Å²) in [6.07, 6.45) is 1.80. The van der Waals surface area contributed by atoms with Gasteiger partial charge in [-0.25, -0.2) is 9.78 Å². The average molecular weight is 238 g/mol. The summed E-state index contributed by atoms with van der Waals surface area (Å²) in [5.41, 5.74) is 0.587. The number of carbonyl (C=O) groups excluding carboxylic acids is 1. The summed E-state index contributed by atoms with van der Waals surface area (Å²) in [4.78, 5) is 27.5. The molecule has 2 heterocycles. The van der Waals surface area contributed by atoms with E-state index in [0.717, 1.165) is 0 Å². The second-order valence-electron chi connectivity index (χ2n) is 3.57.